The maximum Gasteiger partial charge on any atom is 0.236 e. The van der Waals surface area contributed by atoms with Gasteiger partial charge in [-0.15, -0.1) is 0 Å². The second-order valence-corrected chi connectivity index (χ2v) is 7.14. The first kappa shape index (κ1) is 15.3. The largest absolute Gasteiger partial charge is 0.342 e. The molecule has 0 N–H and O–H groups in total. The Labute approximate surface area is 135 Å². The molecule has 1 fully saturated rings. The Balaban J connectivity index is 1.88. The van der Waals surface area contributed by atoms with Crippen LogP contribution in [0, 0.1) is 5.92 Å². The van der Waals surface area contributed by atoms with Crippen molar-refractivity contribution in [3.05, 3.63) is 30.6 Å². The van der Waals surface area contributed by atoms with Gasteiger partial charge in [0.1, 0.15) is 11.4 Å². The van der Waals surface area contributed by atoms with E-state index in [0.717, 1.165) is 41.9 Å². The summed E-state index contributed by atoms with van der Waals surface area (Å²) < 4.78 is 0. The number of carbonyl (C=O) groups excluding carboxylic acids is 1. The molecule has 3 rings (SSSR count). The van der Waals surface area contributed by atoms with Crippen LogP contribution in [0.25, 0.3) is 10.9 Å². The quantitative estimate of drug-likeness (QED) is 0.641. The van der Waals surface area contributed by atoms with Crippen molar-refractivity contribution >= 4 is 28.6 Å². The standard InChI is InChI=1S/C17H21N3OS/c1-12(2)15(17(21)20-9-5-6-10-20)22-16-13-7-3-4-8-14(13)18-11-19-16/h3-4,7-8,11-12,15H,5-6,9-10H2,1-2H3. The van der Waals surface area contributed by atoms with E-state index >= 15 is 0 Å². The van der Waals surface area contributed by atoms with Crippen LogP contribution in [0.4, 0.5) is 0 Å². The van der Waals surface area contributed by atoms with E-state index in [2.05, 4.69) is 23.8 Å². The van der Waals surface area contributed by atoms with Gasteiger partial charge >= 0.3 is 0 Å². The molecule has 4 nitrogen and oxygen atoms in total. The fraction of sp³-hybridized carbons (Fsp3) is 0.471. The monoisotopic (exact) mass is 315 g/mol. The van der Waals surface area contributed by atoms with Gasteiger partial charge in [0, 0.05) is 18.5 Å². The predicted octanol–water partition coefficient (Wildman–Crippen LogP) is 3.37. The first-order chi connectivity index (χ1) is 10.7. The number of hydrogen-bond acceptors (Lipinski definition) is 4. The Morgan fingerprint density at radius 1 is 1.18 bits per heavy atom. The molecule has 0 radical (unpaired) electrons. The minimum atomic E-state index is -0.0867. The average Bonchev–Trinajstić information content (AvgIpc) is 3.06. The van der Waals surface area contributed by atoms with Gasteiger partial charge in [-0.2, -0.15) is 0 Å². The highest BCUT2D eigenvalue weighted by atomic mass is 32.2. The molecule has 2 aromatic rings. The molecule has 1 atom stereocenters. The van der Waals surface area contributed by atoms with E-state index in [0.29, 0.717) is 0 Å². The summed E-state index contributed by atoms with van der Waals surface area (Å²) in [5.74, 6) is 0.520. The third-order valence-electron chi connectivity index (χ3n) is 4.01. The van der Waals surface area contributed by atoms with Crippen molar-refractivity contribution in [2.45, 2.75) is 37.0 Å². The molecule has 0 spiro atoms. The van der Waals surface area contributed by atoms with Crippen LogP contribution in [-0.2, 0) is 4.79 Å². The molecule has 1 aliphatic rings. The highest BCUT2D eigenvalue weighted by molar-refractivity contribution is 8.00. The van der Waals surface area contributed by atoms with Crippen LogP contribution < -0.4 is 0 Å². The molecule has 5 heteroatoms. The fourth-order valence-electron chi connectivity index (χ4n) is 2.78. The summed E-state index contributed by atoms with van der Waals surface area (Å²) in [6.07, 6.45) is 3.83. The minimum absolute atomic E-state index is 0.0867. The number of amides is 1. The third kappa shape index (κ3) is 3.09. The summed E-state index contributed by atoms with van der Waals surface area (Å²) in [5.41, 5.74) is 0.927. The van der Waals surface area contributed by atoms with Gasteiger partial charge in [-0.3, -0.25) is 4.79 Å². The van der Waals surface area contributed by atoms with E-state index < -0.39 is 0 Å². The lowest BCUT2D eigenvalue weighted by Crippen LogP contribution is -2.38. The van der Waals surface area contributed by atoms with Crippen LogP contribution in [0.1, 0.15) is 26.7 Å². The number of rotatable bonds is 4. The van der Waals surface area contributed by atoms with Crippen LogP contribution in [-0.4, -0.2) is 39.1 Å². The first-order valence-electron chi connectivity index (χ1n) is 7.82. The Hall–Kier alpha value is -1.62. The molecule has 2 heterocycles. The number of fused-ring (bicyclic) bond motifs is 1. The van der Waals surface area contributed by atoms with Gasteiger partial charge in [0.25, 0.3) is 0 Å². The van der Waals surface area contributed by atoms with E-state index in [1.165, 1.54) is 0 Å². The normalized spacial score (nSPS) is 16.4. The number of aromatic nitrogens is 2. The Morgan fingerprint density at radius 2 is 1.91 bits per heavy atom. The number of likely N-dealkylation sites (tertiary alicyclic amines) is 1. The molecule has 1 unspecified atom stereocenters. The molecule has 0 aliphatic carbocycles. The lowest BCUT2D eigenvalue weighted by atomic mass is 10.1. The fourth-order valence-corrected chi connectivity index (χ4v) is 3.95. The molecular formula is C17H21N3OS. The van der Waals surface area contributed by atoms with E-state index in [1.807, 2.05) is 29.2 Å². The third-order valence-corrected chi connectivity index (χ3v) is 5.56. The van der Waals surface area contributed by atoms with Crippen molar-refractivity contribution in [1.29, 1.82) is 0 Å². The number of carbonyl (C=O) groups is 1. The van der Waals surface area contributed by atoms with Gasteiger partial charge < -0.3 is 4.90 Å². The average molecular weight is 315 g/mol. The number of thioether (sulfide) groups is 1. The maximum atomic E-state index is 12.8. The molecule has 0 saturated carbocycles. The highest BCUT2D eigenvalue weighted by Gasteiger charge is 2.30. The smallest absolute Gasteiger partial charge is 0.236 e. The molecule has 116 valence electrons. The van der Waals surface area contributed by atoms with Crippen molar-refractivity contribution in [2.75, 3.05) is 13.1 Å². The van der Waals surface area contributed by atoms with Gasteiger partial charge in [0.2, 0.25) is 5.91 Å². The molecule has 1 aliphatic heterocycles. The molecular weight excluding hydrogens is 294 g/mol. The van der Waals surface area contributed by atoms with Crippen molar-refractivity contribution in [2.24, 2.45) is 5.92 Å². The second kappa shape index (κ2) is 6.65. The Kier molecular flexibility index (Phi) is 4.62. The molecule has 0 bridgehead atoms. The Morgan fingerprint density at radius 3 is 2.64 bits per heavy atom. The number of nitrogens with zero attached hydrogens (tertiary/aromatic N) is 3. The zero-order valence-corrected chi connectivity index (χ0v) is 13.8. The summed E-state index contributed by atoms with van der Waals surface area (Å²) in [6.45, 7) is 6.00. The zero-order chi connectivity index (χ0) is 15.5. The predicted molar refractivity (Wildman–Crippen MR) is 89.8 cm³/mol. The highest BCUT2D eigenvalue weighted by Crippen LogP contribution is 2.32. The first-order valence-corrected chi connectivity index (χ1v) is 8.70. The molecule has 22 heavy (non-hydrogen) atoms. The molecule has 1 amide bonds. The van der Waals surface area contributed by atoms with Crippen molar-refractivity contribution < 1.29 is 4.79 Å². The SMILES string of the molecule is CC(C)C(Sc1ncnc2ccccc12)C(=O)N1CCCC1. The number of hydrogen-bond donors (Lipinski definition) is 0. The van der Waals surface area contributed by atoms with Gasteiger partial charge in [-0.1, -0.05) is 43.8 Å². The van der Waals surface area contributed by atoms with Crippen molar-refractivity contribution in [3.63, 3.8) is 0 Å². The zero-order valence-electron chi connectivity index (χ0n) is 13.0. The van der Waals surface area contributed by atoms with Crippen LogP contribution in [0.2, 0.25) is 0 Å². The summed E-state index contributed by atoms with van der Waals surface area (Å²) in [6, 6.07) is 7.96. The lowest BCUT2D eigenvalue weighted by Gasteiger charge is -2.25. The summed E-state index contributed by atoms with van der Waals surface area (Å²) in [4.78, 5) is 23.5. The van der Waals surface area contributed by atoms with E-state index in [9.17, 15) is 4.79 Å². The van der Waals surface area contributed by atoms with E-state index in [4.69, 9.17) is 0 Å². The second-order valence-electron chi connectivity index (χ2n) is 6.01. The molecule has 1 saturated heterocycles. The van der Waals surface area contributed by atoms with E-state index in [1.54, 1.807) is 18.1 Å². The lowest BCUT2D eigenvalue weighted by molar-refractivity contribution is -0.130. The van der Waals surface area contributed by atoms with Gasteiger partial charge in [-0.05, 0) is 24.8 Å². The Bertz CT molecular complexity index is 663. The van der Waals surface area contributed by atoms with E-state index in [-0.39, 0.29) is 17.1 Å². The summed E-state index contributed by atoms with van der Waals surface area (Å²) in [7, 11) is 0. The van der Waals surface area contributed by atoms with Crippen LogP contribution in [0.15, 0.2) is 35.6 Å². The molecule has 1 aromatic carbocycles. The van der Waals surface area contributed by atoms with Gasteiger partial charge in [0.05, 0.1) is 10.8 Å². The van der Waals surface area contributed by atoms with Crippen LogP contribution >= 0.6 is 11.8 Å². The number of para-hydroxylation sites is 1. The van der Waals surface area contributed by atoms with Crippen LogP contribution in [0.5, 0.6) is 0 Å². The topological polar surface area (TPSA) is 46.1 Å². The van der Waals surface area contributed by atoms with Crippen molar-refractivity contribution in [3.8, 4) is 0 Å². The van der Waals surface area contributed by atoms with Crippen LogP contribution in [0.3, 0.4) is 0 Å². The summed E-state index contributed by atoms with van der Waals surface area (Å²) >= 11 is 1.58. The minimum Gasteiger partial charge on any atom is -0.342 e. The van der Waals surface area contributed by atoms with Crippen molar-refractivity contribution in [1.82, 2.24) is 14.9 Å². The van der Waals surface area contributed by atoms with Gasteiger partial charge in [0.15, 0.2) is 0 Å². The molecule has 1 aromatic heterocycles. The maximum absolute atomic E-state index is 12.8. The summed E-state index contributed by atoms with van der Waals surface area (Å²) in [5, 5.41) is 1.84. The number of benzene rings is 1. The van der Waals surface area contributed by atoms with Gasteiger partial charge in [-0.25, -0.2) is 9.97 Å².